The maximum absolute atomic E-state index is 9.39. The van der Waals surface area contributed by atoms with Crippen LogP contribution < -0.4 is 0 Å². The first-order chi connectivity index (χ1) is 10.8. The van der Waals surface area contributed by atoms with Gasteiger partial charge < -0.3 is 0 Å². The molecule has 22 heavy (non-hydrogen) atoms. The number of rotatable bonds is 1. The Morgan fingerprint density at radius 3 is 2.27 bits per heavy atom. The Labute approximate surface area is 129 Å². The van der Waals surface area contributed by atoms with Crippen LogP contribution in [0, 0.1) is 28.6 Å². The van der Waals surface area contributed by atoms with Crippen LogP contribution in [0.15, 0.2) is 54.6 Å². The number of hydrogen-bond donors (Lipinski definition) is 0. The van der Waals surface area contributed by atoms with E-state index in [-0.39, 0.29) is 5.92 Å². The largest absolute Gasteiger partial charge is 0.192 e. The van der Waals surface area contributed by atoms with E-state index >= 15 is 0 Å². The lowest BCUT2D eigenvalue weighted by atomic mass is 9.64. The molecular formula is C20H12N2. The quantitative estimate of drug-likeness (QED) is 0.783. The number of nitrogens with zero attached hydrogens (tertiary/aromatic N) is 2. The van der Waals surface area contributed by atoms with Gasteiger partial charge >= 0.3 is 0 Å². The van der Waals surface area contributed by atoms with Crippen LogP contribution in [-0.4, -0.2) is 0 Å². The predicted octanol–water partition coefficient (Wildman–Crippen LogP) is 4.25. The fourth-order valence-electron chi connectivity index (χ4n) is 3.46. The highest BCUT2D eigenvalue weighted by atomic mass is 14.4. The second-order valence-corrected chi connectivity index (χ2v) is 5.61. The topological polar surface area (TPSA) is 47.6 Å². The van der Waals surface area contributed by atoms with E-state index in [1.807, 2.05) is 24.3 Å². The van der Waals surface area contributed by atoms with Crippen LogP contribution in [0.1, 0.15) is 33.7 Å². The van der Waals surface area contributed by atoms with Crippen LogP contribution in [0.4, 0.5) is 0 Å². The molecule has 0 aromatic heterocycles. The third kappa shape index (κ3) is 1.65. The summed E-state index contributed by atoms with van der Waals surface area (Å²) in [5.41, 5.74) is 5.77. The van der Waals surface area contributed by atoms with Crippen LogP contribution in [0.2, 0.25) is 0 Å². The average molecular weight is 280 g/mol. The molecule has 2 heteroatoms. The van der Waals surface area contributed by atoms with Crippen LogP contribution in [-0.2, 0) is 0 Å². The van der Waals surface area contributed by atoms with Crippen LogP contribution in [0.25, 0.3) is 11.6 Å². The second-order valence-electron chi connectivity index (χ2n) is 5.61. The van der Waals surface area contributed by atoms with E-state index in [0.717, 1.165) is 11.1 Å². The molecule has 2 aliphatic carbocycles. The Morgan fingerprint density at radius 2 is 1.55 bits per heavy atom. The molecule has 0 fully saturated rings. The highest BCUT2D eigenvalue weighted by Gasteiger charge is 2.37. The highest BCUT2D eigenvalue weighted by molar-refractivity contribution is 5.83. The summed E-state index contributed by atoms with van der Waals surface area (Å²) in [6.45, 7) is 0. The molecule has 2 atom stereocenters. The minimum Gasteiger partial charge on any atom is -0.192 e. The van der Waals surface area contributed by atoms with Crippen LogP contribution in [0.3, 0.4) is 0 Å². The van der Waals surface area contributed by atoms with Crippen LogP contribution in [0.5, 0.6) is 0 Å². The van der Waals surface area contributed by atoms with Gasteiger partial charge in [0.15, 0.2) is 0 Å². The third-order valence-electron chi connectivity index (χ3n) is 4.54. The smallest absolute Gasteiger partial charge is 0.0998 e. The summed E-state index contributed by atoms with van der Waals surface area (Å²) in [7, 11) is 0. The lowest BCUT2D eigenvalue weighted by Crippen LogP contribution is -2.25. The molecule has 0 aliphatic heterocycles. The van der Waals surface area contributed by atoms with Crippen LogP contribution >= 0.6 is 0 Å². The van der Waals surface area contributed by atoms with Crippen molar-refractivity contribution in [2.24, 2.45) is 5.92 Å². The van der Waals surface area contributed by atoms with Gasteiger partial charge in [-0.1, -0.05) is 48.6 Å². The fraction of sp³-hybridized carbons (Fsp3) is 0.100. The van der Waals surface area contributed by atoms with E-state index in [9.17, 15) is 10.5 Å². The van der Waals surface area contributed by atoms with Gasteiger partial charge in [0.1, 0.15) is 0 Å². The Balaban J connectivity index is 1.86. The van der Waals surface area contributed by atoms with Crippen molar-refractivity contribution in [1.82, 2.24) is 0 Å². The molecule has 0 heterocycles. The van der Waals surface area contributed by atoms with Crippen molar-refractivity contribution < 1.29 is 0 Å². The Bertz CT molecular complexity index is 905. The van der Waals surface area contributed by atoms with E-state index in [1.165, 1.54) is 11.1 Å². The summed E-state index contributed by atoms with van der Waals surface area (Å²) >= 11 is 0. The first kappa shape index (κ1) is 12.6. The third-order valence-corrected chi connectivity index (χ3v) is 4.54. The maximum Gasteiger partial charge on any atom is 0.0998 e. The van der Waals surface area contributed by atoms with Gasteiger partial charge in [-0.05, 0) is 34.4 Å². The monoisotopic (exact) mass is 280 g/mol. The molecule has 0 spiro atoms. The van der Waals surface area contributed by atoms with Gasteiger partial charge in [-0.2, -0.15) is 10.5 Å². The Kier molecular flexibility index (Phi) is 2.71. The summed E-state index contributed by atoms with van der Waals surface area (Å²) in [5.74, 6) is 0.508. The van der Waals surface area contributed by atoms with Crippen molar-refractivity contribution in [2.45, 2.75) is 5.92 Å². The number of allylic oxidation sites excluding steroid dienone is 3. The highest BCUT2D eigenvalue weighted by Crippen LogP contribution is 2.52. The molecule has 0 saturated carbocycles. The standard InChI is InChI=1S/C20H12N2/c21-11-14-6-7-15(12-22)20-16(14)8-9-17-18(10-19(17)20)13-4-2-1-3-5-13/h1-10,17,19H. The number of nitriles is 2. The van der Waals surface area contributed by atoms with Gasteiger partial charge in [-0.15, -0.1) is 0 Å². The molecule has 0 bridgehead atoms. The zero-order valence-corrected chi connectivity index (χ0v) is 11.8. The molecule has 102 valence electrons. The SMILES string of the molecule is N#Cc1ccc(C#N)c2c1C=CC1C(c3ccccc3)=CC21. The van der Waals surface area contributed by atoms with Crippen molar-refractivity contribution in [1.29, 1.82) is 10.5 Å². The van der Waals surface area contributed by atoms with Crippen molar-refractivity contribution in [2.75, 3.05) is 0 Å². The van der Waals surface area contributed by atoms with Crippen molar-refractivity contribution >= 4 is 11.6 Å². The molecule has 0 N–H and O–H groups in total. The van der Waals surface area contributed by atoms with Crippen molar-refractivity contribution in [3.63, 3.8) is 0 Å². The van der Waals surface area contributed by atoms with Gasteiger partial charge in [0, 0.05) is 11.8 Å². The first-order valence-corrected chi connectivity index (χ1v) is 7.26. The van der Waals surface area contributed by atoms with Gasteiger partial charge in [0.25, 0.3) is 0 Å². The Hall–Kier alpha value is -3.10. The normalized spacial score (nSPS) is 20.7. The minimum atomic E-state index is 0.207. The molecule has 0 radical (unpaired) electrons. The molecule has 2 nitrogen and oxygen atoms in total. The first-order valence-electron chi connectivity index (χ1n) is 7.26. The van der Waals surface area contributed by atoms with E-state index in [2.05, 4.69) is 36.4 Å². The fourth-order valence-corrected chi connectivity index (χ4v) is 3.46. The lowest BCUT2D eigenvalue weighted by Gasteiger charge is -2.39. The zero-order valence-electron chi connectivity index (χ0n) is 11.8. The molecule has 2 aliphatic rings. The van der Waals surface area contributed by atoms with E-state index in [0.29, 0.717) is 17.0 Å². The maximum atomic E-state index is 9.39. The summed E-state index contributed by atoms with van der Waals surface area (Å²) in [6.07, 6.45) is 6.40. The summed E-state index contributed by atoms with van der Waals surface area (Å²) < 4.78 is 0. The summed E-state index contributed by atoms with van der Waals surface area (Å²) in [5, 5.41) is 18.7. The summed E-state index contributed by atoms with van der Waals surface area (Å²) in [4.78, 5) is 0. The molecule has 0 amide bonds. The molecule has 2 aromatic carbocycles. The molecular weight excluding hydrogens is 268 g/mol. The molecule has 2 unspecified atom stereocenters. The number of fused-ring (bicyclic) bond motifs is 3. The van der Waals surface area contributed by atoms with Crippen molar-refractivity contribution in [3.8, 4) is 12.1 Å². The minimum absolute atomic E-state index is 0.207. The van der Waals surface area contributed by atoms with Gasteiger partial charge in [0.2, 0.25) is 0 Å². The van der Waals surface area contributed by atoms with E-state index < -0.39 is 0 Å². The molecule has 0 saturated heterocycles. The zero-order chi connectivity index (χ0) is 15.1. The second kappa shape index (κ2) is 4.72. The average Bonchev–Trinajstić information content (AvgIpc) is 2.55. The Morgan fingerprint density at radius 1 is 0.818 bits per heavy atom. The predicted molar refractivity (Wildman–Crippen MR) is 85.6 cm³/mol. The lowest BCUT2D eigenvalue weighted by molar-refractivity contribution is 0.658. The number of hydrogen-bond acceptors (Lipinski definition) is 2. The van der Waals surface area contributed by atoms with Gasteiger partial charge in [-0.25, -0.2) is 0 Å². The summed E-state index contributed by atoms with van der Waals surface area (Å²) in [6, 6.07) is 18.3. The van der Waals surface area contributed by atoms with Gasteiger partial charge in [-0.3, -0.25) is 0 Å². The van der Waals surface area contributed by atoms with Gasteiger partial charge in [0.05, 0.1) is 23.3 Å². The van der Waals surface area contributed by atoms with E-state index in [1.54, 1.807) is 12.1 Å². The molecule has 4 rings (SSSR count). The van der Waals surface area contributed by atoms with E-state index in [4.69, 9.17) is 0 Å². The van der Waals surface area contributed by atoms with Crippen molar-refractivity contribution in [3.05, 3.63) is 82.4 Å². The molecule has 2 aromatic rings. The number of benzene rings is 2.